The van der Waals surface area contributed by atoms with Crippen molar-refractivity contribution in [2.45, 2.75) is 37.9 Å². The van der Waals surface area contributed by atoms with Crippen LogP contribution in [0.1, 0.15) is 46.3 Å². The average Bonchev–Trinajstić information content (AvgIpc) is 2.75. The highest BCUT2D eigenvalue weighted by Gasteiger charge is 2.14. The lowest BCUT2D eigenvalue weighted by molar-refractivity contribution is 0.0695. The summed E-state index contributed by atoms with van der Waals surface area (Å²) < 4.78 is 27.9. The quantitative estimate of drug-likeness (QED) is 0.400. The second-order valence-corrected chi connectivity index (χ2v) is 9.25. The normalized spacial score (nSPS) is 11.2. The molecule has 0 aliphatic heterocycles. The number of hydrogen-bond acceptors (Lipinski definition) is 3. The monoisotopic (exact) mass is 437 g/mol. The number of benzene rings is 3. The molecule has 0 saturated carbocycles. The van der Waals surface area contributed by atoms with Crippen LogP contribution >= 0.6 is 0 Å². The lowest BCUT2D eigenvalue weighted by Gasteiger charge is -2.13. The number of unbranched alkanes of at least 4 members (excludes halogenated alkanes) is 2. The molecule has 0 radical (unpaired) electrons. The molecule has 3 aromatic carbocycles. The van der Waals surface area contributed by atoms with Crippen molar-refractivity contribution in [3.8, 4) is 0 Å². The number of carboxylic acid groups (broad SMARTS) is 1. The number of carboxylic acids is 1. The second kappa shape index (κ2) is 10.8. The Morgan fingerprint density at radius 3 is 2.03 bits per heavy atom. The lowest BCUT2D eigenvalue weighted by Crippen LogP contribution is -2.16. The third kappa shape index (κ3) is 6.96. The van der Waals surface area contributed by atoms with Crippen LogP contribution in [0.5, 0.6) is 0 Å². The van der Waals surface area contributed by atoms with Crippen LogP contribution in [-0.2, 0) is 28.6 Å². The van der Waals surface area contributed by atoms with E-state index in [0.29, 0.717) is 17.7 Å². The van der Waals surface area contributed by atoms with E-state index in [1.165, 1.54) is 0 Å². The van der Waals surface area contributed by atoms with Crippen LogP contribution in [0.2, 0.25) is 0 Å². The van der Waals surface area contributed by atoms with Crippen molar-refractivity contribution in [3.63, 3.8) is 0 Å². The minimum absolute atomic E-state index is 0.0643. The number of anilines is 1. The molecule has 0 aliphatic carbocycles. The molecule has 0 bridgehead atoms. The molecule has 0 saturated heterocycles. The summed E-state index contributed by atoms with van der Waals surface area (Å²) in [4.78, 5) is 11.3. The smallest absolute Gasteiger partial charge is 0.335 e. The number of rotatable bonds is 11. The van der Waals surface area contributed by atoms with E-state index in [4.69, 9.17) is 0 Å². The van der Waals surface area contributed by atoms with Gasteiger partial charge in [0, 0.05) is 0 Å². The van der Waals surface area contributed by atoms with Crippen molar-refractivity contribution in [2.75, 3.05) is 4.72 Å². The van der Waals surface area contributed by atoms with Crippen LogP contribution in [0.25, 0.3) is 0 Å². The Hall–Kier alpha value is -3.12. The average molecular weight is 438 g/mol. The highest BCUT2D eigenvalue weighted by atomic mass is 32.2. The van der Waals surface area contributed by atoms with Gasteiger partial charge in [-0.25, -0.2) is 13.2 Å². The first-order chi connectivity index (χ1) is 14.9. The summed E-state index contributed by atoms with van der Waals surface area (Å²) in [5, 5.41) is 9.28. The van der Waals surface area contributed by atoms with Crippen molar-refractivity contribution in [1.82, 2.24) is 0 Å². The Kier molecular flexibility index (Phi) is 7.84. The van der Waals surface area contributed by atoms with Crippen LogP contribution in [-0.4, -0.2) is 19.5 Å². The summed E-state index contributed by atoms with van der Waals surface area (Å²) in [6, 6.07) is 23.7. The van der Waals surface area contributed by atoms with Gasteiger partial charge in [-0.2, -0.15) is 0 Å². The highest BCUT2D eigenvalue weighted by molar-refractivity contribution is 7.91. The number of carbonyl (C=O) groups is 1. The Balaban J connectivity index is 1.53. The van der Waals surface area contributed by atoms with E-state index >= 15 is 0 Å². The van der Waals surface area contributed by atoms with E-state index in [-0.39, 0.29) is 5.75 Å². The molecule has 3 aromatic rings. The summed E-state index contributed by atoms with van der Waals surface area (Å²) in [7, 11) is -3.50. The molecule has 0 amide bonds. The Morgan fingerprint density at radius 2 is 1.32 bits per heavy atom. The van der Waals surface area contributed by atoms with Crippen molar-refractivity contribution in [3.05, 3.63) is 101 Å². The topological polar surface area (TPSA) is 83.5 Å². The first kappa shape index (κ1) is 22.6. The standard InChI is InChI=1S/C25H27NO4S/c27-25(28)23-17-9-7-14-21(23)13-5-2-6-15-22-16-8-10-18-24(22)26-31(29,30)19-20-11-3-1-4-12-20/h1,3-4,7-12,14,16-18,26H,2,5-6,13,15,19H2,(H,27,28). The van der Waals surface area contributed by atoms with Crippen LogP contribution in [0.3, 0.4) is 0 Å². The maximum Gasteiger partial charge on any atom is 0.335 e. The fourth-order valence-electron chi connectivity index (χ4n) is 3.59. The van der Waals surface area contributed by atoms with E-state index in [9.17, 15) is 18.3 Å². The van der Waals surface area contributed by atoms with Crippen molar-refractivity contribution in [1.29, 1.82) is 0 Å². The van der Waals surface area contributed by atoms with Gasteiger partial charge in [0.15, 0.2) is 0 Å². The second-order valence-electron chi connectivity index (χ2n) is 7.53. The van der Waals surface area contributed by atoms with Crippen LogP contribution in [0.15, 0.2) is 78.9 Å². The predicted molar refractivity (Wildman–Crippen MR) is 124 cm³/mol. The zero-order chi connectivity index (χ0) is 22.1. The van der Waals surface area contributed by atoms with Gasteiger partial charge in [-0.3, -0.25) is 4.72 Å². The number of aromatic carboxylic acids is 1. The largest absolute Gasteiger partial charge is 0.478 e. The summed E-state index contributed by atoms with van der Waals surface area (Å²) in [5.41, 5.74) is 3.54. The Bertz CT molecular complexity index is 1110. The molecule has 0 aromatic heterocycles. The van der Waals surface area contributed by atoms with E-state index in [2.05, 4.69) is 4.72 Å². The molecule has 2 N–H and O–H groups in total. The van der Waals surface area contributed by atoms with Gasteiger partial charge in [0.25, 0.3) is 0 Å². The number of nitrogens with one attached hydrogen (secondary N) is 1. The SMILES string of the molecule is O=C(O)c1ccccc1CCCCCc1ccccc1NS(=O)(=O)Cc1ccccc1. The molecule has 0 fully saturated rings. The molecule has 5 nitrogen and oxygen atoms in total. The molecule has 162 valence electrons. The highest BCUT2D eigenvalue weighted by Crippen LogP contribution is 2.21. The van der Waals surface area contributed by atoms with Gasteiger partial charge >= 0.3 is 5.97 Å². The van der Waals surface area contributed by atoms with Gasteiger partial charge in [0.05, 0.1) is 17.0 Å². The Labute approximate surface area is 183 Å². The predicted octanol–water partition coefficient (Wildman–Crippen LogP) is 5.28. The van der Waals surface area contributed by atoms with Gasteiger partial charge in [0.2, 0.25) is 10.0 Å². The fraction of sp³-hybridized carbons (Fsp3) is 0.240. The lowest BCUT2D eigenvalue weighted by atomic mass is 9.99. The van der Waals surface area contributed by atoms with Crippen molar-refractivity contribution < 1.29 is 18.3 Å². The zero-order valence-corrected chi connectivity index (χ0v) is 18.1. The summed E-state index contributed by atoms with van der Waals surface area (Å²) >= 11 is 0. The van der Waals surface area contributed by atoms with Gasteiger partial charge in [-0.15, -0.1) is 0 Å². The summed E-state index contributed by atoms with van der Waals surface area (Å²) in [5.74, 6) is -0.960. The number of hydrogen-bond donors (Lipinski definition) is 2. The third-order valence-electron chi connectivity index (χ3n) is 5.12. The first-order valence-corrected chi connectivity index (χ1v) is 12.0. The zero-order valence-electron chi connectivity index (χ0n) is 17.3. The maximum absolute atomic E-state index is 12.6. The summed E-state index contributed by atoms with van der Waals surface area (Å²) in [6.45, 7) is 0. The molecule has 0 atom stereocenters. The molecular formula is C25H27NO4S. The van der Waals surface area contributed by atoms with Gasteiger partial charge in [-0.1, -0.05) is 73.2 Å². The number of para-hydroxylation sites is 1. The van der Waals surface area contributed by atoms with E-state index in [1.54, 1.807) is 30.3 Å². The molecular weight excluding hydrogens is 410 g/mol. The minimum Gasteiger partial charge on any atom is -0.478 e. The number of sulfonamides is 1. The van der Waals surface area contributed by atoms with Gasteiger partial charge < -0.3 is 5.11 Å². The maximum atomic E-state index is 12.6. The first-order valence-electron chi connectivity index (χ1n) is 10.4. The number of aryl methyl sites for hydroxylation is 2. The van der Waals surface area contributed by atoms with E-state index in [0.717, 1.165) is 42.4 Å². The molecule has 6 heteroatoms. The third-order valence-corrected chi connectivity index (χ3v) is 6.37. The fourth-order valence-corrected chi connectivity index (χ4v) is 4.83. The van der Waals surface area contributed by atoms with Crippen molar-refractivity contribution >= 4 is 21.7 Å². The van der Waals surface area contributed by atoms with Crippen molar-refractivity contribution in [2.24, 2.45) is 0 Å². The minimum atomic E-state index is -3.50. The molecule has 0 spiro atoms. The van der Waals surface area contributed by atoms with Crippen LogP contribution in [0, 0.1) is 0 Å². The molecule has 0 aliphatic rings. The van der Waals surface area contributed by atoms with E-state index in [1.807, 2.05) is 48.5 Å². The molecule has 0 heterocycles. The molecule has 0 unspecified atom stereocenters. The Morgan fingerprint density at radius 1 is 0.742 bits per heavy atom. The van der Waals surface area contributed by atoms with Crippen LogP contribution in [0.4, 0.5) is 5.69 Å². The molecule has 31 heavy (non-hydrogen) atoms. The van der Waals surface area contributed by atoms with Gasteiger partial charge in [0.1, 0.15) is 0 Å². The van der Waals surface area contributed by atoms with E-state index < -0.39 is 16.0 Å². The van der Waals surface area contributed by atoms with Gasteiger partial charge in [-0.05, 0) is 54.5 Å². The summed E-state index contributed by atoms with van der Waals surface area (Å²) in [6.07, 6.45) is 4.18. The molecule has 3 rings (SSSR count). The van der Waals surface area contributed by atoms with Crippen LogP contribution < -0.4 is 4.72 Å².